The molecule has 0 unspecified atom stereocenters. The molecular formula is C50H69N11O13S2. The lowest BCUT2D eigenvalue weighted by molar-refractivity contribution is 0.112. The van der Waals surface area contributed by atoms with Gasteiger partial charge in [-0.05, 0) is 88.1 Å². The number of aliphatic hydroxyl groups is 2. The maximum atomic E-state index is 13.5. The zero-order valence-corrected chi connectivity index (χ0v) is 45.3. The molecule has 0 bridgehead atoms. The Kier molecular flexibility index (Phi) is 19.9. The summed E-state index contributed by atoms with van der Waals surface area (Å²) in [6.07, 6.45) is 4.69. The number of benzene rings is 2. The van der Waals surface area contributed by atoms with Gasteiger partial charge in [0, 0.05) is 76.6 Å². The Balaban J connectivity index is 0.000000244. The van der Waals surface area contributed by atoms with Crippen LogP contribution in [0.3, 0.4) is 0 Å². The maximum absolute atomic E-state index is 13.5. The lowest BCUT2D eigenvalue weighted by Crippen LogP contribution is -2.49. The number of aromatic amines is 2. The molecule has 0 spiro atoms. The van der Waals surface area contributed by atoms with E-state index in [4.69, 9.17) is 19.7 Å². The van der Waals surface area contributed by atoms with Crippen LogP contribution in [0.4, 0.5) is 0 Å². The standard InChI is InChI=1S/C25H34N6O6S.C25H33N5O6S.H2O/c1-4-6-21-20(16-26-34)17(3)23-25(33)27-24(28-31(21)23)19-15-18(7-8-22(19)37-5-2)38(35,36)30-11-9-29(10-12-30)13-14-32;1-4-6-21-20(16-32)17(3)23-25(33)26-24(27-30(21)23)19-15-18(7-8-22(19)36-5-2)37(34,35)29-11-9-28(10-12-29)13-14-31;/h7-8,15-16,32,34H,4-6,9-14H2,1-3H3,(H,27,28,33);7-8,15-16,31H,4-6,9-14H2,1-3H3,(H,26,27,33);1H2/b26-16+;;. The Morgan fingerprint density at radius 3 is 1.39 bits per heavy atom. The number of carbonyl (C=O) groups is 1. The van der Waals surface area contributed by atoms with Gasteiger partial charge in [0.1, 0.15) is 22.5 Å². The van der Waals surface area contributed by atoms with Gasteiger partial charge < -0.3 is 40.3 Å². The number of hydrogen-bond acceptors (Lipinski definition) is 17. The third kappa shape index (κ3) is 11.9. The van der Waals surface area contributed by atoms with Gasteiger partial charge in [-0.15, -0.1) is 10.2 Å². The van der Waals surface area contributed by atoms with E-state index in [2.05, 4.69) is 20.2 Å². The zero-order chi connectivity index (χ0) is 54.2. The van der Waals surface area contributed by atoms with Crippen molar-refractivity contribution in [1.82, 2.24) is 47.6 Å². The SMILES string of the molecule is CCCc1c(/C=N/O)c(C)c2c(=O)[nH]c(-c3cc(S(=O)(=O)N4CCN(CCO)CC4)ccc3OCC)nn12.CCCc1c(C=O)c(C)c2c(=O)[nH]c(-c3cc(S(=O)(=O)N4CCN(CCO)CC4)ccc3OCC)nn12.O. The molecule has 0 amide bonds. The van der Waals surface area contributed by atoms with Crippen molar-refractivity contribution >= 4 is 43.6 Å². The molecule has 7 N–H and O–H groups in total. The van der Waals surface area contributed by atoms with E-state index in [0.29, 0.717) is 153 Å². The summed E-state index contributed by atoms with van der Waals surface area (Å²) in [7, 11) is -7.65. The molecule has 414 valence electrons. The number of aromatic nitrogens is 6. The van der Waals surface area contributed by atoms with E-state index >= 15 is 0 Å². The Morgan fingerprint density at radius 2 is 1.04 bits per heavy atom. The molecule has 0 aliphatic carbocycles. The van der Waals surface area contributed by atoms with Crippen LogP contribution in [0, 0.1) is 13.8 Å². The van der Waals surface area contributed by atoms with Crippen molar-refractivity contribution in [2.24, 2.45) is 5.16 Å². The first-order valence-corrected chi connectivity index (χ1v) is 28.0. The molecule has 6 heterocycles. The summed E-state index contributed by atoms with van der Waals surface area (Å²) in [6.45, 7) is 16.2. The Morgan fingerprint density at radius 1 is 0.645 bits per heavy atom. The molecule has 76 heavy (non-hydrogen) atoms. The van der Waals surface area contributed by atoms with E-state index < -0.39 is 31.2 Å². The van der Waals surface area contributed by atoms with Crippen LogP contribution in [0.1, 0.15) is 79.0 Å². The molecule has 2 aromatic carbocycles. The molecule has 26 heteroatoms. The van der Waals surface area contributed by atoms with Crippen molar-refractivity contribution < 1.29 is 52.0 Å². The Labute approximate surface area is 440 Å². The number of carbonyl (C=O) groups excluding carboxylic acids is 1. The average Bonchev–Trinajstić information content (AvgIpc) is 3.86. The summed E-state index contributed by atoms with van der Waals surface area (Å²) in [5.74, 6) is 1.08. The highest BCUT2D eigenvalue weighted by molar-refractivity contribution is 7.89. The molecule has 2 fully saturated rings. The van der Waals surface area contributed by atoms with Gasteiger partial charge in [0.25, 0.3) is 11.1 Å². The number of hydrogen-bond donors (Lipinski definition) is 5. The monoisotopic (exact) mass is 1100 g/mol. The number of aliphatic hydroxyl groups excluding tert-OH is 2. The van der Waals surface area contributed by atoms with Crippen LogP contribution in [-0.2, 0) is 32.9 Å². The first-order chi connectivity index (χ1) is 36.0. The van der Waals surface area contributed by atoms with Gasteiger partial charge in [0.2, 0.25) is 20.0 Å². The highest BCUT2D eigenvalue weighted by Crippen LogP contribution is 2.34. The van der Waals surface area contributed by atoms with Crippen molar-refractivity contribution in [3.05, 3.63) is 90.7 Å². The molecule has 4 aromatic heterocycles. The van der Waals surface area contributed by atoms with Crippen LogP contribution in [0.5, 0.6) is 11.5 Å². The number of β-amino-alcohol motifs (C(OH)–C–C–N with tert-alkyl or cyclic N) is 2. The minimum atomic E-state index is -3.83. The molecule has 8 rings (SSSR count). The van der Waals surface area contributed by atoms with Crippen molar-refractivity contribution in [3.8, 4) is 34.3 Å². The van der Waals surface area contributed by atoms with Gasteiger partial charge in [-0.3, -0.25) is 24.2 Å². The number of piperazine rings is 2. The normalized spacial score (nSPS) is 15.3. The van der Waals surface area contributed by atoms with E-state index in [-0.39, 0.29) is 45.6 Å². The summed E-state index contributed by atoms with van der Waals surface area (Å²) in [6, 6.07) is 9.10. The number of ether oxygens (including phenoxy) is 2. The van der Waals surface area contributed by atoms with E-state index in [0.717, 1.165) is 19.1 Å². The van der Waals surface area contributed by atoms with Gasteiger partial charge in [0.15, 0.2) is 17.9 Å². The number of oxime groups is 1. The molecule has 0 saturated carbocycles. The molecular weight excluding hydrogens is 1030 g/mol. The van der Waals surface area contributed by atoms with Crippen molar-refractivity contribution in [2.75, 3.05) is 91.9 Å². The Hall–Kier alpha value is -6.36. The fourth-order valence-electron chi connectivity index (χ4n) is 9.66. The fourth-order valence-corrected chi connectivity index (χ4v) is 12.6. The van der Waals surface area contributed by atoms with E-state index in [1.165, 1.54) is 43.6 Å². The van der Waals surface area contributed by atoms with E-state index in [1.54, 1.807) is 30.5 Å². The second-order valence-electron chi connectivity index (χ2n) is 18.1. The number of nitrogens with one attached hydrogen (secondary N) is 2. The third-order valence-electron chi connectivity index (χ3n) is 13.4. The first kappa shape index (κ1) is 58.9. The van der Waals surface area contributed by atoms with Gasteiger partial charge in [0.05, 0.1) is 64.9 Å². The molecule has 0 atom stereocenters. The van der Waals surface area contributed by atoms with Gasteiger partial charge in [-0.2, -0.15) is 8.61 Å². The highest BCUT2D eigenvalue weighted by Gasteiger charge is 2.32. The molecule has 2 aliphatic rings. The van der Waals surface area contributed by atoms with Crippen LogP contribution in [-0.4, -0.2) is 190 Å². The van der Waals surface area contributed by atoms with Crippen molar-refractivity contribution in [3.63, 3.8) is 0 Å². The van der Waals surface area contributed by atoms with Crippen LogP contribution >= 0.6 is 0 Å². The lowest BCUT2D eigenvalue weighted by Gasteiger charge is -2.33. The molecule has 0 radical (unpaired) electrons. The molecule has 24 nitrogen and oxygen atoms in total. The number of aldehydes is 1. The quantitative estimate of drug-likeness (QED) is 0.0316. The Bertz CT molecular complexity index is 3390. The fraction of sp³-hybridized carbons (Fsp3) is 0.480. The van der Waals surface area contributed by atoms with Crippen molar-refractivity contribution in [1.29, 1.82) is 0 Å². The van der Waals surface area contributed by atoms with Crippen LogP contribution in [0.25, 0.3) is 33.8 Å². The minimum Gasteiger partial charge on any atom is -0.493 e. The van der Waals surface area contributed by atoms with Crippen LogP contribution < -0.4 is 20.6 Å². The smallest absolute Gasteiger partial charge is 0.275 e. The summed E-state index contributed by atoms with van der Waals surface area (Å²) < 4.78 is 71.5. The number of nitrogens with zero attached hydrogens (tertiary/aromatic N) is 9. The summed E-state index contributed by atoms with van der Waals surface area (Å²) in [4.78, 5) is 47.9. The van der Waals surface area contributed by atoms with Crippen molar-refractivity contribution in [2.45, 2.75) is 77.0 Å². The maximum Gasteiger partial charge on any atom is 0.275 e. The molecule has 2 aliphatic heterocycles. The lowest BCUT2D eigenvalue weighted by atomic mass is 10.1. The first-order valence-electron chi connectivity index (χ1n) is 25.2. The zero-order valence-electron chi connectivity index (χ0n) is 43.7. The second kappa shape index (κ2) is 25.7. The summed E-state index contributed by atoms with van der Waals surface area (Å²) >= 11 is 0. The number of aryl methyl sites for hydroxylation is 4. The molecule has 6 aromatic rings. The number of sulfonamides is 2. The van der Waals surface area contributed by atoms with Crippen LogP contribution in [0.2, 0.25) is 0 Å². The predicted octanol–water partition coefficient (Wildman–Crippen LogP) is 2.09. The molecule has 2 saturated heterocycles. The predicted molar refractivity (Wildman–Crippen MR) is 285 cm³/mol. The highest BCUT2D eigenvalue weighted by atomic mass is 32.2. The van der Waals surface area contributed by atoms with Crippen LogP contribution in [0.15, 0.2) is 60.9 Å². The summed E-state index contributed by atoms with van der Waals surface area (Å²) in [5.41, 5.74) is 4.07. The largest absolute Gasteiger partial charge is 0.493 e. The number of H-pyrrole nitrogens is 2. The number of rotatable bonds is 20. The van der Waals surface area contributed by atoms with E-state index in [1.807, 2.05) is 37.5 Å². The number of fused-ring (bicyclic) bond motifs is 2. The summed E-state index contributed by atoms with van der Waals surface area (Å²) in [5, 5.41) is 40.0. The third-order valence-corrected chi connectivity index (χ3v) is 17.2. The van der Waals surface area contributed by atoms with E-state index in [9.17, 15) is 41.5 Å². The minimum absolute atomic E-state index is 0. The van der Waals surface area contributed by atoms with Gasteiger partial charge in [-0.25, -0.2) is 25.9 Å². The average molecular weight is 1100 g/mol. The van der Waals surface area contributed by atoms with Gasteiger partial charge in [-0.1, -0.05) is 31.8 Å². The van der Waals surface area contributed by atoms with Gasteiger partial charge >= 0.3 is 0 Å². The topological polar surface area (TPSA) is 322 Å². The second-order valence-corrected chi connectivity index (χ2v) is 22.0.